The first kappa shape index (κ1) is 27.7. The summed E-state index contributed by atoms with van der Waals surface area (Å²) in [5.41, 5.74) is 3.22. The molecule has 10 heteroatoms. The van der Waals surface area contributed by atoms with Crippen LogP contribution in [0.1, 0.15) is 51.3 Å². The van der Waals surface area contributed by atoms with Crippen molar-refractivity contribution in [2.75, 3.05) is 23.1 Å². The Hall–Kier alpha value is -3.34. The van der Waals surface area contributed by atoms with E-state index in [0.29, 0.717) is 30.1 Å². The third kappa shape index (κ3) is 5.72. The minimum absolute atomic E-state index is 0.211. The molecule has 1 aliphatic heterocycles. The van der Waals surface area contributed by atoms with Crippen LogP contribution in [0.25, 0.3) is 0 Å². The SMILES string of the molecule is Cc1cc(C)cc(S(=O)(=O)N2CCSc3ccc(C(=O)NCC(C)(C)c4ccc(C(=O)OO)cc4)cc32)c1. The number of fused-ring (bicyclic) bond motifs is 1. The summed E-state index contributed by atoms with van der Waals surface area (Å²) in [5.74, 6) is -0.548. The molecule has 1 aliphatic rings. The zero-order chi connectivity index (χ0) is 27.7. The van der Waals surface area contributed by atoms with Gasteiger partial charge in [-0.2, -0.15) is 5.26 Å². The van der Waals surface area contributed by atoms with Crippen molar-refractivity contribution in [2.24, 2.45) is 0 Å². The number of aryl methyl sites for hydroxylation is 2. The lowest BCUT2D eigenvalue weighted by atomic mass is 9.84. The van der Waals surface area contributed by atoms with Gasteiger partial charge in [-0.25, -0.2) is 13.2 Å². The van der Waals surface area contributed by atoms with Gasteiger partial charge in [-0.15, -0.1) is 11.8 Å². The first-order valence-corrected chi connectivity index (χ1v) is 14.5. The van der Waals surface area contributed by atoms with Gasteiger partial charge in [0.25, 0.3) is 15.9 Å². The Kier molecular flexibility index (Phi) is 7.87. The van der Waals surface area contributed by atoms with Crippen LogP contribution in [0.5, 0.6) is 0 Å². The molecule has 200 valence electrons. The Balaban J connectivity index is 1.55. The standard InChI is InChI=1S/C28H30N2O6S2/c1-18-13-19(2)15-23(14-18)38(34,35)30-11-12-37-25-10-7-21(16-24(25)30)26(31)29-17-28(3,4)22-8-5-20(6-9-22)27(32)36-33/h5-10,13-16,33H,11-12,17H2,1-4H3,(H,29,31). The minimum Gasteiger partial charge on any atom is -0.351 e. The van der Waals surface area contributed by atoms with E-state index in [4.69, 9.17) is 5.26 Å². The van der Waals surface area contributed by atoms with Crippen LogP contribution in [0.15, 0.2) is 70.5 Å². The van der Waals surface area contributed by atoms with Crippen LogP contribution >= 0.6 is 11.8 Å². The van der Waals surface area contributed by atoms with Crippen LogP contribution in [-0.2, 0) is 20.3 Å². The molecule has 0 aromatic heterocycles. The highest BCUT2D eigenvalue weighted by atomic mass is 32.2. The summed E-state index contributed by atoms with van der Waals surface area (Å²) >= 11 is 1.56. The van der Waals surface area contributed by atoms with Crippen molar-refractivity contribution in [3.8, 4) is 0 Å². The molecule has 3 aromatic carbocycles. The molecule has 0 saturated heterocycles. The summed E-state index contributed by atoms with van der Waals surface area (Å²) < 4.78 is 28.6. The molecule has 4 rings (SSSR count). The predicted octanol–water partition coefficient (Wildman–Crippen LogP) is 4.94. The van der Waals surface area contributed by atoms with Gasteiger partial charge in [0.1, 0.15) is 0 Å². The molecule has 8 nitrogen and oxygen atoms in total. The Morgan fingerprint density at radius 2 is 1.63 bits per heavy atom. The monoisotopic (exact) mass is 554 g/mol. The number of nitrogens with zero attached hydrogens (tertiary/aromatic N) is 1. The molecule has 0 bridgehead atoms. The number of benzene rings is 3. The molecule has 38 heavy (non-hydrogen) atoms. The van der Waals surface area contributed by atoms with E-state index in [-0.39, 0.29) is 16.4 Å². The summed E-state index contributed by atoms with van der Waals surface area (Å²) in [4.78, 5) is 29.4. The summed E-state index contributed by atoms with van der Waals surface area (Å²) in [6.07, 6.45) is 0. The van der Waals surface area contributed by atoms with E-state index in [1.807, 2.05) is 33.8 Å². The second-order valence-corrected chi connectivity index (χ2v) is 13.0. The highest BCUT2D eigenvalue weighted by molar-refractivity contribution is 8.00. The number of rotatable bonds is 7. The molecule has 0 unspecified atom stereocenters. The third-order valence-corrected chi connectivity index (χ3v) is 9.33. The average molecular weight is 555 g/mol. The van der Waals surface area contributed by atoms with Crippen LogP contribution in [0.3, 0.4) is 0 Å². The molecule has 0 radical (unpaired) electrons. The van der Waals surface area contributed by atoms with Gasteiger partial charge < -0.3 is 5.32 Å². The predicted molar refractivity (Wildman–Crippen MR) is 147 cm³/mol. The quantitative estimate of drug-likeness (QED) is 0.314. The topological polar surface area (TPSA) is 113 Å². The van der Waals surface area contributed by atoms with Crippen molar-refractivity contribution < 1.29 is 28.2 Å². The van der Waals surface area contributed by atoms with Crippen LogP contribution in [0, 0.1) is 13.8 Å². The van der Waals surface area contributed by atoms with E-state index in [1.54, 1.807) is 66.4 Å². The number of thioether (sulfide) groups is 1. The second kappa shape index (κ2) is 10.8. The zero-order valence-corrected chi connectivity index (χ0v) is 23.3. The fourth-order valence-electron chi connectivity index (χ4n) is 4.41. The summed E-state index contributed by atoms with van der Waals surface area (Å²) in [6, 6.07) is 17.0. The maximum Gasteiger partial charge on any atom is 0.372 e. The summed E-state index contributed by atoms with van der Waals surface area (Å²) in [5, 5.41) is 11.5. The molecular formula is C28H30N2O6S2. The Labute approximate surface area is 227 Å². The number of amides is 1. The number of hydrogen-bond acceptors (Lipinski definition) is 7. The van der Waals surface area contributed by atoms with E-state index in [9.17, 15) is 18.0 Å². The van der Waals surface area contributed by atoms with E-state index in [0.717, 1.165) is 21.6 Å². The molecule has 0 fully saturated rings. The van der Waals surface area contributed by atoms with E-state index in [1.165, 1.54) is 4.31 Å². The van der Waals surface area contributed by atoms with Gasteiger partial charge in [0.2, 0.25) is 0 Å². The molecule has 2 N–H and O–H groups in total. The van der Waals surface area contributed by atoms with Gasteiger partial charge in [-0.1, -0.05) is 32.0 Å². The molecule has 3 aromatic rings. The lowest BCUT2D eigenvalue weighted by Crippen LogP contribution is -2.37. The van der Waals surface area contributed by atoms with Gasteiger partial charge in [-0.3, -0.25) is 14.0 Å². The van der Waals surface area contributed by atoms with Gasteiger partial charge in [-0.05, 0) is 73.0 Å². The summed E-state index contributed by atoms with van der Waals surface area (Å²) in [6.45, 7) is 8.25. The Bertz CT molecular complexity index is 1460. The van der Waals surface area contributed by atoms with Crippen molar-refractivity contribution >= 4 is 39.3 Å². The molecule has 0 saturated carbocycles. The number of carbonyl (C=O) groups excluding carboxylic acids is 2. The second-order valence-electron chi connectivity index (χ2n) is 9.95. The molecule has 0 atom stereocenters. The van der Waals surface area contributed by atoms with E-state index in [2.05, 4.69) is 10.2 Å². The van der Waals surface area contributed by atoms with Crippen LogP contribution < -0.4 is 9.62 Å². The number of anilines is 1. The Morgan fingerprint density at radius 3 is 2.26 bits per heavy atom. The van der Waals surface area contributed by atoms with Gasteiger partial charge >= 0.3 is 5.97 Å². The minimum atomic E-state index is -3.81. The maximum absolute atomic E-state index is 13.6. The number of sulfonamides is 1. The Morgan fingerprint density at radius 1 is 1.00 bits per heavy atom. The number of carbonyl (C=O) groups is 2. The molecule has 0 aliphatic carbocycles. The average Bonchev–Trinajstić information content (AvgIpc) is 2.90. The number of hydrogen-bond donors (Lipinski definition) is 2. The van der Waals surface area contributed by atoms with Crippen LogP contribution in [0.2, 0.25) is 0 Å². The fraction of sp³-hybridized carbons (Fsp3) is 0.286. The molecular weight excluding hydrogens is 524 g/mol. The normalized spacial score (nSPS) is 13.6. The first-order chi connectivity index (χ1) is 17.9. The zero-order valence-electron chi connectivity index (χ0n) is 21.6. The largest absolute Gasteiger partial charge is 0.372 e. The smallest absolute Gasteiger partial charge is 0.351 e. The third-order valence-electron chi connectivity index (χ3n) is 6.50. The maximum atomic E-state index is 13.6. The fourth-order valence-corrected chi connectivity index (χ4v) is 7.22. The van der Waals surface area contributed by atoms with Crippen LogP contribution in [-0.4, -0.2) is 44.4 Å². The van der Waals surface area contributed by atoms with E-state index >= 15 is 0 Å². The van der Waals surface area contributed by atoms with Gasteiger partial charge in [0.05, 0.1) is 16.1 Å². The highest BCUT2D eigenvalue weighted by Gasteiger charge is 2.31. The lowest BCUT2D eigenvalue weighted by molar-refractivity contribution is -0.182. The van der Waals surface area contributed by atoms with Crippen molar-refractivity contribution in [1.82, 2.24) is 5.32 Å². The lowest BCUT2D eigenvalue weighted by Gasteiger charge is -2.31. The van der Waals surface area contributed by atoms with Gasteiger partial charge in [0, 0.05) is 34.7 Å². The van der Waals surface area contributed by atoms with Crippen molar-refractivity contribution in [3.63, 3.8) is 0 Å². The van der Waals surface area contributed by atoms with Crippen LogP contribution in [0.4, 0.5) is 5.69 Å². The molecule has 1 amide bonds. The summed E-state index contributed by atoms with van der Waals surface area (Å²) in [7, 11) is -3.81. The number of nitrogens with one attached hydrogen (secondary N) is 1. The van der Waals surface area contributed by atoms with Crippen molar-refractivity contribution in [3.05, 3.63) is 88.5 Å². The first-order valence-electron chi connectivity index (χ1n) is 12.0. The van der Waals surface area contributed by atoms with Crippen molar-refractivity contribution in [1.29, 1.82) is 0 Å². The van der Waals surface area contributed by atoms with Gasteiger partial charge in [0.15, 0.2) is 0 Å². The highest BCUT2D eigenvalue weighted by Crippen LogP contribution is 2.38. The van der Waals surface area contributed by atoms with E-state index < -0.39 is 21.4 Å². The molecule has 1 heterocycles. The molecule has 0 spiro atoms. The van der Waals surface area contributed by atoms with Crippen molar-refractivity contribution in [2.45, 2.75) is 42.9 Å².